The second kappa shape index (κ2) is 5.64. The van der Waals surface area contributed by atoms with Crippen molar-refractivity contribution in [2.75, 3.05) is 0 Å². The summed E-state index contributed by atoms with van der Waals surface area (Å²) in [5, 5.41) is 5.21. The van der Waals surface area contributed by atoms with Gasteiger partial charge in [0.05, 0.1) is 18.2 Å². The molecule has 1 aromatic carbocycles. The van der Waals surface area contributed by atoms with Crippen molar-refractivity contribution >= 4 is 10.0 Å². The maximum absolute atomic E-state index is 11.6. The molecule has 0 unspecified atom stereocenters. The van der Waals surface area contributed by atoms with Crippen molar-refractivity contribution < 1.29 is 13.2 Å². The lowest BCUT2D eigenvalue weighted by atomic mass is 10.2. The van der Waals surface area contributed by atoms with Crippen LogP contribution in [0.2, 0.25) is 0 Å². The van der Waals surface area contributed by atoms with Crippen molar-refractivity contribution in [3.63, 3.8) is 0 Å². The van der Waals surface area contributed by atoms with E-state index in [9.17, 15) is 8.42 Å². The van der Waals surface area contributed by atoms with Gasteiger partial charge in [0.25, 0.3) is 0 Å². The van der Waals surface area contributed by atoms with Crippen molar-refractivity contribution in [1.82, 2.24) is 9.55 Å². The molecule has 6 nitrogen and oxygen atoms in total. The second-order valence-electron chi connectivity index (χ2n) is 4.45. The van der Waals surface area contributed by atoms with Crippen LogP contribution in [-0.4, -0.2) is 18.0 Å². The van der Waals surface area contributed by atoms with Crippen LogP contribution in [0.1, 0.15) is 18.2 Å². The molecule has 0 radical (unpaired) electrons. The van der Waals surface area contributed by atoms with Crippen LogP contribution in [0.3, 0.4) is 0 Å². The summed E-state index contributed by atoms with van der Waals surface area (Å²) < 4.78 is 30.6. The largest absolute Gasteiger partial charge is 0.486 e. The quantitative estimate of drug-likeness (QED) is 0.904. The first-order chi connectivity index (χ1) is 9.41. The van der Waals surface area contributed by atoms with Crippen LogP contribution in [0.25, 0.3) is 0 Å². The van der Waals surface area contributed by atoms with Crippen molar-refractivity contribution in [2.45, 2.75) is 31.9 Å². The Morgan fingerprint density at radius 1 is 1.40 bits per heavy atom. The van der Waals surface area contributed by atoms with Crippen molar-refractivity contribution in [2.24, 2.45) is 5.14 Å². The summed E-state index contributed by atoms with van der Waals surface area (Å²) in [6, 6.07) is 4.89. The van der Waals surface area contributed by atoms with Gasteiger partial charge in [-0.3, -0.25) is 0 Å². The molecule has 108 valence electrons. The predicted octanol–water partition coefficient (Wildman–Crippen LogP) is 1.44. The molecule has 2 rings (SSSR count). The summed E-state index contributed by atoms with van der Waals surface area (Å²) in [7, 11) is -3.81. The van der Waals surface area contributed by atoms with E-state index < -0.39 is 10.0 Å². The molecule has 0 bridgehead atoms. The van der Waals surface area contributed by atoms with Crippen LogP contribution in [0.15, 0.2) is 35.6 Å². The number of rotatable bonds is 5. The lowest BCUT2D eigenvalue weighted by Crippen LogP contribution is -2.14. The topological polar surface area (TPSA) is 87.2 Å². The molecule has 0 aliphatic rings. The normalized spacial score (nSPS) is 11.6. The minimum Gasteiger partial charge on any atom is -0.486 e. The molecule has 0 amide bonds. The summed E-state index contributed by atoms with van der Waals surface area (Å²) in [6.07, 6.45) is 3.39. The fourth-order valence-electron chi connectivity index (χ4n) is 1.86. The summed E-state index contributed by atoms with van der Waals surface area (Å²) in [5.74, 6) is 0.252. The van der Waals surface area contributed by atoms with Crippen LogP contribution in [-0.2, 0) is 23.2 Å². The van der Waals surface area contributed by atoms with Crippen molar-refractivity contribution in [1.29, 1.82) is 0 Å². The van der Waals surface area contributed by atoms with E-state index in [1.54, 1.807) is 31.6 Å². The number of primary sulfonamides is 1. The first-order valence-corrected chi connectivity index (χ1v) is 7.71. The summed E-state index contributed by atoms with van der Waals surface area (Å²) in [4.78, 5) is 4.03. The molecule has 0 spiro atoms. The van der Waals surface area contributed by atoms with E-state index in [1.165, 1.54) is 6.07 Å². The van der Waals surface area contributed by atoms with E-state index in [0.717, 1.165) is 17.8 Å². The van der Waals surface area contributed by atoms with Gasteiger partial charge in [-0.1, -0.05) is 6.07 Å². The van der Waals surface area contributed by atoms with Gasteiger partial charge in [0, 0.05) is 6.54 Å². The SMILES string of the molecule is CCn1cncc1COc1ccc(C)cc1S(N)(=O)=O. The zero-order valence-corrected chi connectivity index (χ0v) is 12.2. The van der Waals surface area contributed by atoms with Crippen LogP contribution < -0.4 is 9.88 Å². The highest BCUT2D eigenvalue weighted by Crippen LogP contribution is 2.24. The summed E-state index contributed by atoms with van der Waals surface area (Å²) in [5.41, 5.74) is 1.67. The van der Waals surface area contributed by atoms with E-state index in [4.69, 9.17) is 9.88 Å². The lowest BCUT2D eigenvalue weighted by molar-refractivity contribution is 0.287. The molecule has 0 saturated heterocycles. The van der Waals surface area contributed by atoms with Crippen LogP contribution in [0, 0.1) is 6.92 Å². The highest BCUT2D eigenvalue weighted by Gasteiger charge is 2.16. The number of hydrogen-bond donors (Lipinski definition) is 1. The molecule has 20 heavy (non-hydrogen) atoms. The zero-order valence-electron chi connectivity index (χ0n) is 11.4. The Bertz CT molecular complexity index is 707. The van der Waals surface area contributed by atoms with Crippen molar-refractivity contribution in [3.8, 4) is 5.75 Å². The van der Waals surface area contributed by atoms with Gasteiger partial charge < -0.3 is 9.30 Å². The monoisotopic (exact) mass is 295 g/mol. The van der Waals surface area contributed by atoms with Crippen LogP contribution >= 0.6 is 0 Å². The number of sulfonamides is 1. The van der Waals surface area contributed by atoms with Gasteiger partial charge >= 0.3 is 0 Å². The molecule has 2 aromatic rings. The van der Waals surface area contributed by atoms with E-state index in [-0.39, 0.29) is 17.3 Å². The fourth-order valence-corrected chi connectivity index (χ4v) is 2.62. The van der Waals surface area contributed by atoms with Gasteiger partial charge in [-0.05, 0) is 31.5 Å². The maximum Gasteiger partial charge on any atom is 0.241 e. The number of ether oxygens (including phenoxy) is 1. The van der Waals surface area contributed by atoms with E-state index in [2.05, 4.69) is 4.98 Å². The number of aromatic nitrogens is 2. The van der Waals surface area contributed by atoms with Gasteiger partial charge in [0.2, 0.25) is 10.0 Å². The highest BCUT2D eigenvalue weighted by molar-refractivity contribution is 7.89. The average Bonchev–Trinajstić information content (AvgIpc) is 2.83. The Balaban J connectivity index is 2.26. The minimum atomic E-state index is -3.81. The lowest BCUT2D eigenvalue weighted by Gasteiger charge is -2.11. The standard InChI is InChI=1S/C13H17N3O3S/c1-3-16-9-15-7-11(16)8-19-12-5-4-10(2)6-13(12)20(14,17)18/h4-7,9H,3,8H2,1-2H3,(H2,14,17,18). The molecule has 0 fully saturated rings. The molecule has 1 heterocycles. The molecular weight excluding hydrogens is 278 g/mol. The first kappa shape index (κ1) is 14.5. The molecule has 7 heteroatoms. The smallest absolute Gasteiger partial charge is 0.241 e. The summed E-state index contributed by atoms with van der Waals surface area (Å²) in [6.45, 7) is 4.80. The second-order valence-corrected chi connectivity index (χ2v) is 5.98. The van der Waals surface area contributed by atoms with Crippen LogP contribution in [0.4, 0.5) is 0 Å². The third kappa shape index (κ3) is 3.17. The van der Waals surface area contributed by atoms with E-state index in [0.29, 0.717) is 0 Å². The first-order valence-electron chi connectivity index (χ1n) is 6.17. The molecular formula is C13H17N3O3S. The van der Waals surface area contributed by atoms with E-state index in [1.807, 2.05) is 11.5 Å². The number of nitrogens with zero attached hydrogens (tertiary/aromatic N) is 2. The number of nitrogens with two attached hydrogens (primary N) is 1. The maximum atomic E-state index is 11.6. The fraction of sp³-hybridized carbons (Fsp3) is 0.308. The number of imidazole rings is 1. The zero-order chi connectivity index (χ0) is 14.8. The van der Waals surface area contributed by atoms with Gasteiger partial charge in [-0.2, -0.15) is 0 Å². The molecule has 0 aliphatic heterocycles. The predicted molar refractivity (Wildman–Crippen MR) is 74.8 cm³/mol. The van der Waals surface area contributed by atoms with E-state index >= 15 is 0 Å². The average molecular weight is 295 g/mol. The van der Waals surface area contributed by atoms with Gasteiger partial charge in [-0.15, -0.1) is 0 Å². The Hall–Kier alpha value is -1.86. The molecule has 2 N–H and O–H groups in total. The Morgan fingerprint density at radius 3 is 2.80 bits per heavy atom. The third-order valence-corrected chi connectivity index (χ3v) is 3.85. The third-order valence-electron chi connectivity index (χ3n) is 2.92. The highest BCUT2D eigenvalue weighted by atomic mass is 32.2. The number of hydrogen-bond acceptors (Lipinski definition) is 4. The Morgan fingerprint density at radius 2 is 2.15 bits per heavy atom. The number of benzene rings is 1. The molecule has 0 saturated carbocycles. The number of aryl methyl sites for hydroxylation is 2. The van der Waals surface area contributed by atoms with Gasteiger partial charge in [-0.25, -0.2) is 18.5 Å². The molecule has 0 atom stereocenters. The molecule has 1 aromatic heterocycles. The Labute approximate surface area is 118 Å². The molecule has 0 aliphatic carbocycles. The van der Waals surface area contributed by atoms with Crippen molar-refractivity contribution in [3.05, 3.63) is 42.0 Å². The minimum absolute atomic E-state index is 0.0000591. The Kier molecular flexibility index (Phi) is 4.10. The van der Waals surface area contributed by atoms with Crippen LogP contribution in [0.5, 0.6) is 5.75 Å². The van der Waals surface area contributed by atoms with Gasteiger partial charge in [0.1, 0.15) is 17.3 Å². The van der Waals surface area contributed by atoms with Gasteiger partial charge in [0.15, 0.2) is 0 Å². The summed E-state index contributed by atoms with van der Waals surface area (Å²) >= 11 is 0.